The maximum absolute atomic E-state index is 12.0. The SMILES string of the molecule is Cc1ccc(-c2ccc3c(c2)c(C(=O)[O-])c2ccccc2[n+]3C)c(C)c1. The second-order valence-corrected chi connectivity index (χ2v) is 6.79. The Hall–Kier alpha value is -3.20. The molecular formula is C23H19NO2. The molecule has 4 aromatic rings. The standard InChI is InChI=1S/C23H19NO2/c1-14-8-10-17(15(2)12-14)16-9-11-21-19(13-16)22(23(25)26)18-6-4-5-7-20(18)24(21)3/h4-13H,1-3H3. The Bertz CT molecular complexity index is 1190. The smallest absolute Gasteiger partial charge is 0.213 e. The van der Waals surface area contributed by atoms with Gasteiger partial charge in [0.2, 0.25) is 11.0 Å². The van der Waals surface area contributed by atoms with Gasteiger partial charge in [0, 0.05) is 17.7 Å². The number of hydrogen-bond donors (Lipinski definition) is 0. The molecule has 0 amide bonds. The lowest BCUT2D eigenvalue weighted by Gasteiger charge is -2.13. The largest absolute Gasteiger partial charge is 0.545 e. The number of fused-ring (bicyclic) bond motifs is 2. The molecule has 0 saturated heterocycles. The molecular weight excluding hydrogens is 322 g/mol. The minimum atomic E-state index is -1.15. The molecule has 0 atom stereocenters. The molecule has 3 nitrogen and oxygen atoms in total. The Morgan fingerprint density at radius 3 is 2.35 bits per heavy atom. The summed E-state index contributed by atoms with van der Waals surface area (Å²) in [5, 5.41) is 13.4. The fourth-order valence-electron chi connectivity index (χ4n) is 3.81. The van der Waals surface area contributed by atoms with Crippen molar-refractivity contribution in [3.63, 3.8) is 0 Å². The van der Waals surface area contributed by atoms with Gasteiger partial charge in [-0.2, -0.15) is 4.57 Å². The number of rotatable bonds is 2. The number of carbonyl (C=O) groups is 1. The van der Waals surface area contributed by atoms with Gasteiger partial charge in [0.05, 0.1) is 16.7 Å². The summed E-state index contributed by atoms with van der Waals surface area (Å²) in [7, 11) is 1.96. The monoisotopic (exact) mass is 341 g/mol. The Labute approximate surface area is 152 Å². The van der Waals surface area contributed by atoms with Gasteiger partial charge in [-0.25, -0.2) is 0 Å². The van der Waals surface area contributed by atoms with Crippen LogP contribution in [0.2, 0.25) is 0 Å². The Kier molecular flexibility index (Phi) is 3.73. The van der Waals surface area contributed by atoms with Gasteiger partial charge in [-0.1, -0.05) is 35.9 Å². The van der Waals surface area contributed by atoms with Crippen LogP contribution in [-0.2, 0) is 7.05 Å². The quantitative estimate of drug-likeness (QED) is 0.414. The van der Waals surface area contributed by atoms with Crippen molar-refractivity contribution >= 4 is 27.8 Å². The molecule has 0 N–H and O–H groups in total. The zero-order chi connectivity index (χ0) is 18.4. The number of aromatic nitrogens is 1. The summed E-state index contributed by atoms with van der Waals surface area (Å²) >= 11 is 0. The van der Waals surface area contributed by atoms with E-state index in [1.807, 2.05) is 54.1 Å². The van der Waals surface area contributed by atoms with Crippen molar-refractivity contribution in [2.75, 3.05) is 0 Å². The number of carboxylic acid groups (broad SMARTS) is 1. The van der Waals surface area contributed by atoms with E-state index in [0.29, 0.717) is 10.8 Å². The maximum atomic E-state index is 12.0. The van der Waals surface area contributed by atoms with Gasteiger partial charge >= 0.3 is 0 Å². The number of benzene rings is 3. The first-order chi connectivity index (χ1) is 12.5. The van der Waals surface area contributed by atoms with Crippen molar-refractivity contribution in [3.05, 3.63) is 77.4 Å². The second kappa shape index (κ2) is 5.95. The average molecular weight is 341 g/mol. The number of hydrogen-bond acceptors (Lipinski definition) is 2. The molecule has 128 valence electrons. The van der Waals surface area contributed by atoms with Crippen LogP contribution in [0.5, 0.6) is 0 Å². The van der Waals surface area contributed by atoms with Crippen molar-refractivity contribution in [2.24, 2.45) is 7.05 Å². The molecule has 0 aliphatic rings. The fourth-order valence-corrected chi connectivity index (χ4v) is 3.81. The number of aromatic carboxylic acids is 1. The topological polar surface area (TPSA) is 44.0 Å². The normalized spacial score (nSPS) is 11.2. The predicted molar refractivity (Wildman–Crippen MR) is 102 cm³/mol. The lowest BCUT2D eigenvalue weighted by molar-refractivity contribution is -0.617. The molecule has 0 aliphatic heterocycles. The maximum Gasteiger partial charge on any atom is 0.213 e. The summed E-state index contributed by atoms with van der Waals surface area (Å²) in [6, 6.07) is 19.8. The highest BCUT2D eigenvalue weighted by molar-refractivity contribution is 6.12. The highest BCUT2D eigenvalue weighted by atomic mass is 16.4. The Balaban J connectivity index is 2.11. The van der Waals surface area contributed by atoms with E-state index in [9.17, 15) is 9.90 Å². The predicted octanol–water partition coefficient (Wildman–Crippen LogP) is 3.46. The molecule has 1 heterocycles. The lowest BCUT2D eigenvalue weighted by atomic mass is 9.95. The average Bonchev–Trinajstić information content (AvgIpc) is 2.61. The molecule has 0 radical (unpaired) electrons. The van der Waals surface area contributed by atoms with Crippen molar-refractivity contribution in [1.29, 1.82) is 0 Å². The number of pyridine rings is 1. The van der Waals surface area contributed by atoms with E-state index in [1.165, 1.54) is 11.1 Å². The summed E-state index contributed by atoms with van der Waals surface area (Å²) < 4.78 is 2.03. The van der Waals surface area contributed by atoms with Gasteiger partial charge in [-0.15, -0.1) is 0 Å². The summed E-state index contributed by atoms with van der Waals surface area (Å²) in [5.74, 6) is -1.15. The third-order valence-electron chi connectivity index (χ3n) is 5.06. The molecule has 0 aliphatic carbocycles. The highest BCUT2D eigenvalue weighted by Crippen LogP contribution is 2.30. The zero-order valence-corrected chi connectivity index (χ0v) is 15.0. The second-order valence-electron chi connectivity index (χ2n) is 6.79. The summed E-state index contributed by atoms with van der Waals surface area (Å²) in [6.45, 7) is 4.14. The van der Waals surface area contributed by atoms with Crippen LogP contribution < -0.4 is 9.67 Å². The van der Waals surface area contributed by atoms with E-state index >= 15 is 0 Å². The van der Waals surface area contributed by atoms with Gasteiger partial charge < -0.3 is 9.90 Å². The van der Waals surface area contributed by atoms with Gasteiger partial charge in [-0.3, -0.25) is 0 Å². The summed E-state index contributed by atoms with van der Waals surface area (Å²) in [6.07, 6.45) is 0. The molecule has 4 rings (SSSR count). The number of aryl methyl sites for hydroxylation is 3. The first kappa shape index (κ1) is 16.3. The first-order valence-electron chi connectivity index (χ1n) is 8.61. The number of nitrogens with zero attached hydrogens (tertiary/aromatic N) is 1. The summed E-state index contributed by atoms with van der Waals surface area (Å²) in [5.41, 5.74) is 6.49. The van der Waals surface area contributed by atoms with E-state index in [-0.39, 0.29) is 5.56 Å². The Morgan fingerprint density at radius 2 is 1.62 bits per heavy atom. The molecule has 0 fully saturated rings. The van der Waals surface area contributed by atoms with Gasteiger partial charge in [0.15, 0.2) is 0 Å². The molecule has 26 heavy (non-hydrogen) atoms. The van der Waals surface area contributed by atoms with E-state index in [0.717, 1.165) is 22.2 Å². The van der Waals surface area contributed by atoms with Crippen LogP contribution >= 0.6 is 0 Å². The third-order valence-corrected chi connectivity index (χ3v) is 5.06. The van der Waals surface area contributed by atoms with Crippen LogP contribution in [0.3, 0.4) is 0 Å². The highest BCUT2D eigenvalue weighted by Gasteiger charge is 2.19. The van der Waals surface area contributed by atoms with Crippen LogP contribution in [0.25, 0.3) is 32.9 Å². The molecule has 0 saturated carbocycles. The van der Waals surface area contributed by atoms with Crippen LogP contribution in [0.1, 0.15) is 21.5 Å². The minimum Gasteiger partial charge on any atom is -0.545 e. The van der Waals surface area contributed by atoms with Crippen LogP contribution in [0.15, 0.2) is 60.7 Å². The molecule has 0 spiro atoms. The van der Waals surface area contributed by atoms with Gasteiger partial charge in [-0.05, 0) is 48.7 Å². The summed E-state index contributed by atoms with van der Waals surface area (Å²) in [4.78, 5) is 12.0. The third kappa shape index (κ3) is 2.44. The van der Waals surface area contributed by atoms with E-state index in [1.54, 1.807) is 0 Å². The van der Waals surface area contributed by atoms with Crippen molar-refractivity contribution in [2.45, 2.75) is 13.8 Å². The van der Waals surface area contributed by atoms with Gasteiger partial charge in [0.1, 0.15) is 7.05 Å². The number of para-hydroxylation sites is 1. The van der Waals surface area contributed by atoms with E-state index in [4.69, 9.17) is 0 Å². The van der Waals surface area contributed by atoms with E-state index < -0.39 is 5.97 Å². The fraction of sp³-hybridized carbons (Fsp3) is 0.130. The Morgan fingerprint density at radius 1 is 0.885 bits per heavy atom. The van der Waals surface area contributed by atoms with Crippen molar-refractivity contribution in [3.8, 4) is 11.1 Å². The zero-order valence-electron chi connectivity index (χ0n) is 15.0. The molecule has 1 aromatic heterocycles. The van der Waals surface area contributed by atoms with Crippen LogP contribution in [-0.4, -0.2) is 5.97 Å². The van der Waals surface area contributed by atoms with Crippen LogP contribution in [0, 0.1) is 13.8 Å². The van der Waals surface area contributed by atoms with E-state index in [2.05, 4.69) is 32.0 Å². The minimum absolute atomic E-state index is 0.250. The van der Waals surface area contributed by atoms with Crippen molar-refractivity contribution < 1.29 is 14.5 Å². The van der Waals surface area contributed by atoms with Crippen LogP contribution in [0.4, 0.5) is 0 Å². The number of carboxylic acids is 1. The van der Waals surface area contributed by atoms with Gasteiger partial charge in [0.25, 0.3) is 0 Å². The first-order valence-corrected chi connectivity index (χ1v) is 8.61. The van der Waals surface area contributed by atoms with Crippen molar-refractivity contribution in [1.82, 2.24) is 0 Å². The molecule has 3 aromatic carbocycles. The number of carbonyl (C=O) groups excluding carboxylic acids is 1. The lowest BCUT2D eigenvalue weighted by Crippen LogP contribution is -2.33. The molecule has 0 bridgehead atoms. The molecule has 0 unspecified atom stereocenters. The molecule has 3 heteroatoms.